The molecule has 0 fully saturated rings. The lowest BCUT2D eigenvalue weighted by molar-refractivity contribution is 0.972. The second-order valence-electron chi connectivity index (χ2n) is 3.58. The molecule has 84 valence electrons. The number of benzene rings is 1. The summed E-state index contributed by atoms with van der Waals surface area (Å²) in [6.45, 7) is 3.02. The first-order valence-corrected chi connectivity index (χ1v) is 5.96. The van der Waals surface area contributed by atoms with E-state index in [0.717, 1.165) is 29.7 Å². The summed E-state index contributed by atoms with van der Waals surface area (Å²) in [7, 11) is 0. The summed E-state index contributed by atoms with van der Waals surface area (Å²) < 4.78 is 0. The number of anilines is 1. The van der Waals surface area contributed by atoms with Crippen LogP contribution in [0.15, 0.2) is 24.3 Å². The van der Waals surface area contributed by atoms with Crippen LogP contribution in [0.3, 0.4) is 0 Å². The van der Waals surface area contributed by atoms with Gasteiger partial charge in [-0.1, -0.05) is 30.1 Å². The Morgan fingerprint density at radius 2 is 2.06 bits per heavy atom. The van der Waals surface area contributed by atoms with Gasteiger partial charge in [0.2, 0.25) is 0 Å². The van der Waals surface area contributed by atoms with Crippen LogP contribution in [0.1, 0.15) is 13.3 Å². The van der Waals surface area contributed by atoms with Crippen molar-refractivity contribution in [2.24, 2.45) is 0 Å². The molecular formula is C12H12Cl2N2. The molecule has 16 heavy (non-hydrogen) atoms. The Balaban J connectivity index is 2.45. The van der Waals surface area contributed by atoms with Crippen molar-refractivity contribution < 1.29 is 0 Å². The van der Waals surface area contributed by atoms with Crippen molar-refractivity contribution in [2.45, 2.75) is 13.3 Å². The van der Waals surface area contributed by atoms with E-state index in [1.54, 1.807) is 6.07 Å². The average Bonchev–Trinajstić information content (AvgIpc) is 2.25. The van der Waals surface area contributed by atoms with E-state index in [1.807, 2.05) is 18.2 Å². The van der Waals surface area contributed by atoms with Gasteiger partial charge in [-0.05, 0) is 30.7 Å². The summed E-state index contributed by atoms with van der Waals surface area (Å²) in [6.07, 6.45) is 1.07. The van der Waals surface area contributed by atoms with Gasteiger partial charge in [0.15, 0.2) is 0 Å². The molecule has 0 bridgehead atoms. The molecule has 1 aromatic carbocycles. The Kier molecular flexibility index (Phi) is 3.52. The molecule has 0 aliphatic rings. The molecule has 0 spiro atoms. The van der Waals surface area contributed by atoms with Crippen LogP contribution < -0.4 is 5.32 Å². The van der Waals surface area contributed by atoms with E-state index >= 15 is 0 Å². The van der Waals surface area contributed by atoms with Crippen molar-refractivity contribution in [3.63, 3.8) is 0 Å². The lowest BCUT2D eigenvalue weighted by Gasteiger charge is -2.06. The van der Waals surface area contributed by atoms with Gasteiger partial charge in [0, 0.05) is 17.0 Å². The number of nitrogens with one attached hydrogen (secondary N) is 1. The summed E-state index contributed by atoms with van der Waals surface area (Å²) in [4.78, 5) is 4.45. The molecule has 0 atom stereocenters. The van der Waals surface area contributed by atoms with Crippen LogP contribution >= 0.6 is 23.2 Å². The van der Waals surface area contributed by atoms with Gasteiger partial charge in [-0.2, -0.15) is 0 Å². The standard InChI is InChI=1S/C12H12Cl2N2/c1-2-5-15-12-4-3-9-10(14)6-8(13)7-11(9)16-12/h3-4,6-7H,2,5H2,1H3,(H,15,16). The molecule has 0 saturated carbocycles. The summed E-state index contributed by atoms with van der Waals surface area (Å²) in [5, 5.41) is 5.40. The Hall–Kier alpha value is -0.990. The molecule has 1 N–H and O–H groups in total. The van der Waals surface area contributed by atoms with Gasteiger partial charge in [0.25, 0.3) is 0 Å². The lowest BCUT2D eigenvalue weighted by atomic mass is 10.2. The topological polar surface area (TPSA) is 24.9 Å². The van der Waals surface area contributed by atoms with E-state index < -0.39 is 0 Å². The van der Waals surface area contributed by atoms with Crippen molar-refractivity contribution in [2.75, 3.05) is 11.9 Å². The smallest absolute Gasteiger partial charge is 0.126 e. The first-order chi connectivity index (χ1) is 7.70. The number of hydrogen-bond acceptors (Lipinski definition) is 2. The van der Waals surface area contributed by atoms with Gasteiger partial charge in [-0.25, -0.2) is 4.98 Å². The molecule has 0 aliphatic carbocycles. The molecule has 0 saturated heterocycles. The third-order valence-corrected chi connectivity index (χ3v) is 2.81. The van der Waals surface area contributed by atoms with E-state index in [0.29, 0.717) is 10.0 Å². The molecule has 2 rings (SSSR count). The van der Waals surface area contributed by atoms with E-state index in [2.05, 4.69) is 17.2 Å². The van der Waals surface area contributed by atoms with Crippen LogP contribution in [0, 0.1) is 0 Å². The minimum absolute atomic E-state index is 0.609. The second kappa shape index (κ2) is 4.89. The number of hydrogen-bond donors (Lipinski definition) is 1. The molecule has 4 heteroatoms. The minimum Gasteiger partial charge on any atom is -0.370 e. The van der Waals surface area contributed by atoms with E-state index in [1.165, 1.54) is 0 Å². The molecule has 2 aromatic rings. The highest BCUT2D eigenvalue weighted by Gasteiger charge is 2.03. The van der Waals surface area contributed by atoms with Gasteiger partial charge >= 0.3 is 0 Å². The number of rotatable bonds is 3. The molecule has 0 aliphatic heterocycles. The largest absolute Gasteiger partial charge is 0.370 e. The van der Waals surface area contributed by atoms with Crippen LogP contribution in [0.2, 0.25) is 10.0 Å². The molecule has 0 unspecified atom stereocenters. The highest BCUT2D eigenvalue weighted by Crippen LogP contribution is 2.27. The van der Waals surface area contributed by atoms with Gasteiger partial charge < -0.3 is 5.32 Å². The third kappa shape index (κ3) is 2.39. The van der Waals surface area contributed by atoms with Crippen LogP contribution in [0.5, 0.6) is 0 Å². The van der Waals surface area contributed by atoms with Crippen LogP contribution in [-0.4, -0.2) is 11.5 Å². The SMILES string of the molecule is CCCNc1ccc2c(Cl)cc(Cl)cc2n1. The highest BCUT2D eigenvalue weighted by atomic mass is 35.5. The zero-order chi connectivity index (χ0) is 11.5. The fraction of sp³-hybridized carbons (Fsp3) is 0.250. The molecular weight excluding hydrogens is 243 g/mol. The van der Waals surface area contributed by atoms with Crippen LogP contribution in [0.4, 0.5) is 5.82 Å². The Labute approximate surface area is 105 Å². The van der Waals surface area contributed by atoms with Crippen molar-refractivity contribution in [1.82, 2.24) is 4.98 Å². The summed E-state index contributed by atoms with van der Waals surface area (Å²) in [6, 6.07) is 7.43. The predicted molar refractivity (Wildman–Crippen MR) is 70.5 cm³/mol. The highest BCUT2D eigenvalue weighted by molar-refractivity contribution is 6.38. The normalized spacial score (nSPS) is 10.7. The van der Waals surface area contributed by atoms with Crippen LogP contribution in [0.25, 0.3) is 10.9 Å². The van der Waals surface area contributed by atoms with Gasteiger partial charge in [-0.15, -0.1) is 0 Å². The van der Waals surface area contributed by atoms with Crippen molar-refractivity contribution in [3.05, 3.63) is 34.3 Å². The van der Waals surface area contributed by atoms with Crippen molar-refractivity contribution >= 4 is 39.9 Å². The first-order valence-electron chi connectivity index (χ1n) is 5.20. The minimum atomic E-state index is 0.609. The first kappa shape index (κ1) is 11.5. The third-order valence-electron chi connectivity index (χ3n) is 2.28. The van der Waals surface area contributed by atoms with Gasteiger partial charge in [-0.3, -0.25) is 0 Å². The fourth-order valence-electron chi connectivity index (χ4n) is 1.51. The Morgan fingerprint density at radius 1 is 1.25 bits per heavy atom. The monoisotopic (exact) mass is 254 g/mol. The maximum Gasteiger partial charge on any atom is 0.126 e. The molecule has 0 radical (unpaired) electrons. The van der Waals surface area contributed by atoms with E-state index in [-0.39, 0.29) is 0 Å². The van der Waals surface area contributed by atoms with Crippen LogP contribution in [-0.2, 0) is 0 Å². The Morgan fingerprint density at radius 3 is 2.81 bits per heavy atom. The van der Waals surface area contributed by atoms with Gasteiger partial charge in [0.05, 0.1) is 10.5 Å². The lowest BCUT2D eigenvalue weighted by Crippen LogP contribution is -2.01. The fourth-order valence-corrected chi connectivity index (χ4v) is 2.06. The predicted octanol–water partition coefficient (Wildman–Crippen LogP) is 4.36. The number of pyridine rings is 1. The maximum absolute atomic E-state index is 6.07. The van der Waals surface area contributed by atoms with E-state index in [4.69, 9.17) is 23.2 Å². The molecule has 0 amide bonds. The number of halogens is 2. The molecule has 1 heterocycles. The van der Waals surface area contributed by atoms with Crippen molar-refractivity contribution in [3.8, 4) is 0 Å². The average molecular weight is 255 g/mol. The number of aromatic nitrogens is 1. The maximum atomic E-state index is 6.07. The summed E-state index contributed by atoms with van der Waals surface area (Å²) in [5.41, 5.74) is 0.818. The molecule has 1 aromatic heterocycles. The van der Waals surface area contributed by atoms with Crippen molar-refractivity contribution in [1.29, 1.82) is 0 Å². The van der Waals surface area contributed by atoms with Gasteiger partial charge in [0.1, 0.15) is 5.82 Å². The quantitative estimate of drug-likeness (QED) is 0.881. The Bertz CT molecular complexity index is 512. The summed E-state index contributed by atoms with van der Waals surface area (Å²) in [5.74, 6) is 0.854. The second-order valence-corrected chi connectivity index (χ2v) is 4.42. The number of fused-ring (bicyclic) bond motifs is 1. The number of nitrogens with zero attached hydrogens (tertiary/aromatic N) is 1. The molecule has 2 nitrogen and oxygen atoms in total. The van der Waals surface area contributed by atoms with E-state index in [9.17, 15) is 0 Å². The zero-order valence-electron chi connectivity index (χ0n) is 8.93. The summed E-state index contributed by atoms with van der Waals surface area (Å²) >= 11 is 12.0. The zero-order valence-corrected chi connectivity index (χ0v) is 10.4.